The standard InChI is InChI=1S/C34H29N7OS/c1-21(27-8-4-6-22-5-2-3-7-28(22)27)41-20-25(39-40-41)17-18-42-26-12-9-23(10-13-26)31-15-16-32(43-31)34-37-29-14-11-24(33(35)36)19-30(29)38-34/h2-16,19-21H,17-18H2,1H3,(H3,35,36)(H,37,38). The van der Waals surface area contributed by atoms with Crippen LogP contribution in [0, 0.1) is 5.41 Å². The summed E-state index contributed by atoms with van der Waals surface area (Å²) in [6, 6.07) is 32.8. The van der Waals surface area contributed by atoms with Gasteiger partial charge in [-0.2, -0.15) is 0 Å². The lowest BCUT2D eigenvalue weighted by molar-refractivity contribution is 0.320. The molecule has 43 heavy (non-hydrogen) atoms. The van der Waals surface area contributed by atoms with Gasteiger partial charge >= 0.3 is 0 Å². The molecule has 4 N–H and O–H groups in total. The Morgan fingerprint density at radius 2 is 1.79 bits per heavy atom. The van der Waals surface area contributed by atoms with Gasteiger partial charge in [-0.15, -0.1) is 16.4 Å². The van der Waals surface area contributed by atoms with Gasteiger partial charge in [-0.1, -0.05) is 47.7 Å². The minimum absolute atomic E-state index is 0.0408. The van der Waals surface area contributed by atoms with Crippen LogP contribution in [0.15, 0.2) is 103 Å². The Labute approximate surface area is 252 Å². The monoisotopic (exact) mass is 583 g/mol. The number of nitrogens with zero attached hydrogens (tertiary/aromatic N) is 4. The summed E-state index contributed by atoms with van der Waals surface area (Å²) in [5.41, 5.74) is 11.3. The number of thiophene rings is 1. The molecule has 7 rings (SSSR count). The molecule has 1 atom stereocenters. The molecule has 0 bridgehead atoms. The summed E-state index contributed by atoms with van der Waals surface area (Å²) in [4.78, 5) is 10.3. The lowest BCUT2D eigenvalue weighted by atomic mass is 10.00. The van der Waals surface area contributed by atoms with Crippen LogP contribution in [0.1, 0.15) is 29.8 Å². The van der Waals surface area contributed by atoms with Gasteiger partial charge in [0, 0.05) is 23.1 Å². The van der Waals surface area contributed by atoms with Crippen molar-refractivity contribution >= 4 is 39.0 Å². The van der Waals surface area contributed by atoms with Crippen molar-refractivity contribution in [3.63, 3.8) is 0 Å². The zero-order valence-corrected chi connectivity index (χ0v) is 24.3. The van der Waals surface area contributed by atoms with Crippen LogP contribution in [-0.4, -0.2) is 37.4 Å². The minimum Gasteiger partial charge on any atom is -0.493 e. The molecule has 0 fully saturated rings. The van der Waals surface area contributed by atoms with Crippen molar-refractivity contribution in [3.8, 4) is 26.9 Å². The number of aromatic nitrogens is 5. The first kappa shape index (κ1) is 26.6. The van der Waals surface area contributed by atoms with E-state index in [9.17, 15) is 0 Å². The number of nitrogens with two attached hydrogens (primary N) is 1. The first-order valence-electron chi connectivity index (χ1n) is 14.1. The molecule has 7 aromatic rings. The Bertz CT molecular complexity index is 2070. The molecule has 0 spiro atoms. The maximum atomic E-state index is 7.66. The molecule has 0 aliphatic carbocycles. The van der Waals surface area contributed by atoms with E-state index in [2.05, 4.69) is 88.9 Å². The van der Waals surface area contributed by atoms with Crippen LogP contribution in [0.25, 0.3) is 42.9 Å². The normalized spacial score (nSPS) is 12.1. The van der Waals surface area contributed by atoms with Gasteiger partial charge < -0.3 is 15.5 Å². The summed E-state index contributed by atoms with van der Waals surface area (Å²) in [6.07, 6.45) is 2.68. The summed E-state index contributed by atoms with van der Waals surface area (Å²) in [5, 5.41) is 18.9. The van der Waals surface area contributed by atoms with E-state index < -0.39 is 0 Å². The predicted molar refractivity (Wildman–Crippen MR) is 173 cm³/mol. The van der Waals surface area contributed by atoms with E-state index in [1.165, 1.54) is 16.3 Å². The summed E-state index contributed by atoms with van der Waals surface area (Å²) < 4.78 is 7.96. The number of nitrogens with one attached hydrogen (secondary N) is 2. The van der Waals surface area contributed by atoms with Gasteiger partial charge in [0.05, 0.1) is 34.3 Å². The van der Waals surface area contributed by atoms with E-state index in [0.717, 1.165) is 43.6 Å². The molecule has 212 valence electrons. The lowest BCUT2D eigenvalue weighted by Gasteiger charge is -2.14. The average molecular weight is 584 g/mol. The largest absolute Gasteiger partial charge is 0.493 e. The third-order valence-corrected chi connectivity index (χ3v) is 8.77. The van der Waals surface area contributed by atoms with Crippen LogP contribution in [-0.2, 0) is 6.42 Å². The van der Waals surface area contributed by atoms with Gasteiger partial charge in [-0.05, 0) is 83.4 Å². The smallest absolute Gasteiger partial charge is 0.148 e. The molecule has 0 aliphatic rings. The highest BCUT2D eigenvalue weighted by atomic mass is 32.1. The third kappa shape index (κ3) is 5.38. The van der Waals surface area contributed by atoms with Crippen molar-refractivity contribution in [3.05, 3.63) is 120 Å². The molecule has 8 nitrogen and oxygen atoms in total. The second kappa shape index (κ2) is 11.2. The number of H-pyrrole nitrogens is 1. The van der Waals surface area contributed by atoms with Crippen molar-refractivity contribution < 1.29 is 4.74 Å². The van der Waals surface area contributed by atoms with E-state index in [0.29, 0.717) is 18.6 Å². The van der Waals surface area contributed by atoms with Crippen molar-refractivity contribution in [1.82, 2.24) is 25.0 Å². The fourth-order valence-electron chi connectivity index (χ4n) is 5.28. The van der Waals surface area contributed by atoms with Crippen LogP contribution in [0.5, 0.6) is 5.75 Å². The van der Waals surface area contributed by atoms with Crippen LogP contribution in [0.4, 0.5) is 0 Å². The van der Waals surface area contributed by atoms with E-state index in [-0.39, 0.29) is 11.9 Å². The molecule has 1 unspecified atom stereocenters. The van der Waals surface area contributed by atoms with Crippen molar-refractivity contribution in [2.24, 2.45) is 5.73 Å². The number of rotatable bonds is 9. The van der Waals surface area contributed by atoms with E-state index >= 15 is 0 Å². The number of benzene rings is 4. The van der Waals surface area contributed by atoms with Crippen molar-refractivity contribution in [2.45, 2.75) is 19.4 Å². The first-order chi connectivity index (χ1) is 21.0. The number of imidazole rings is 1. The highest BCUT2D eigenvalue weighted by Gasteiger charge is 2.14. The molecule has 0 radical (unpaired) electrons. The van der Waals surface area contributed by atoms with Crippen LogP contribution in [0.2, 0.25) is 0 Å². The molecule has 4 aromatic carbocycles. The average Bonchev–Trinajstić information content (AvgIpc) is 3.80. The Hall–Kier alpha value is -5.28. The highest BCUT2D eigenvalue weighted by molar-refractivity contribution is 7.18. The lowest BCUT2D eigenvalue weighted by Crippen LogP contribution is -2.10. The number of aromatic amines is 1. The topological polar surface area (TPSA) is 118 Å². The maximum absolute atomic E-state index is 7.66. The Balaban J connectivity index is 0.973. The minimum atomic E-state index is 0.0408. The molecule has 3 aromatic heterocycles. The summed E-state index contributed by atoms with van der Waals surface area (Å²) >= 11 is 1.67. The molecular weight excluding hydrogens is 554 g/mol. The van der Waals surface area contributed by atoms with Gasteiger partial charge in [-0.3, -0.25) is 5.41 Å². The number of amidine groups is 1. The second-order valence-corrected chi connectivity index (χ2v) is 11.5. The van der Waals surface area contributed by atoms with Gasteiger partial charge in [0.25, 0.3) is 0 Å². The number of hydrogen-bond acceptors (Lipinski definition) is 6. The molecule has 0 saturated carbocycles. The Kier molecular flexibility index (Phi) is 6.92. The molecular formula is C34H29N7OS. The number of ether oxygens (including phenoxy) is 1. The second-order valence-electron chi connectivity index (χ2n) is 10.5. The van der Waals surface area contributed by atoms with Crippen molar-refractivity contribution in [1.29, 1.82) is 5.41 Å². The van der Waals surface area contributed by atoms with Gasteiger partial charge in [-0.25, -0.2) is 9.67 Å². The molecule has 3 heterocycles. The SMILES string of the molecule is CC(c1cccc2ccccc12)n1cc(CCOc2ccc(-c3ccc(-c4nc5ccc(C(=N)N)cc5[nH]4)s3)cc2)nn1. The molecule has 0 amide bonds. The van der Waals surface area contributed by atoms with Crippen LogP contribution in [0.3, 0.4) is 0 Å². The van der Waals surface area contributed by atoms with E-state index in [4.69, 9.17) is 20.9 Å². The zero-order chi connectivity index (χ0) is 29.3. The molecule has 9 heteroatoms. The highest BCUT2D eigenvalue weighted by Crippen LogP contribution is 2.35. The number of nitrogen functional groups attached to an aromatic ring is 1. The van der Waals surface area contributed by atoms with Crippen LogP contribution < -0.4 is 10.5 Å². The fraction of sp³-hybridized carbons (Fsp3) is 0.118. The van der Waals surface area contributed by atoms with E-state index in [1.807, 2.05) is 41.2 Å². The first-order valence-corrected chi connectivity index (χ1v) is 14.9. The maximum Gasteiger partial charge on any atom is 0.148 e. The van der Waals surface area contributed by atoms with Gasteiger partial charge in [0.1, 0.15) is 17.4 Å². The Morgan fingerprint density at radius 1 is 0.977 bits per heavy atom. The van der Waals surface area contributed by atoms with Crippen LogP contribution >= 0.6 is 11.3 Å². The molecule has 0 saturated heterocycles. The predicted octanol–water partition coefficient (Wildman–Crippen LogP) is 7.22. The quantitative estimate of drug-likeness (QED) is 0.122. The zero-order valence-electron chi connectivity index (χ0n) is 23.5. The fourth-order valence-corrected chi connectivity index (χ4v) is 6.23. The molecule has 0 aliphatic heterocycles. The number of fused-ring (bicyclic) bond motifs is 2. The van der Waals surface area contributed by atoms with Gasteiger partial charge in [0.15, 0.2) is 0 Å². The summed E-state index contributed by atoms with van der Waals surface area (Å²) in [5.74, 6) is 1.66. The summed E-state index contributed by atoms with van der Waals surface area (Å²) in [6.45, 7) is 2.66. The van der Waals surface area contributed by atoms with Gasteiger partial charge in [0.2, 0.25) is 0 Å². The van der Waals surface area contributed by atoms with Crippen molar-refractivity contribution in [2.75, 3.05) is 6.61 Å². The summed E-state index contributed by atoms with van der Waals surface area (Å²) in [7, 11) is 0. The number of hydrogen-bond donors (Lipinski definition) is 3. The van der Waals surface area contributed by atoms with E-state index in [1.54, 1.807) is 11.3 Å². The Morgan fingerprint density at radius 3 is 2.65 bits per heavy atom. The third-order valence-electron chi connectivity index (χ3n) is 7.63.